The molecule has 0 spiro atoms. The molecule has 3 nitrogen and oxygen atoms in total. The lowest BCUT2D eigenvalue weighted by atomic mass is 9.88. The van der Waals surface area contributed by atoms with E-state index in [2.05, 4.69) is 12.6 Å². The second kappa shape index (κ2) is 4.33. The number of nitrogens with two attached hydrogens (primary N) is 1. The van der Waals surface area contributed by atoms with E-state index in [1.165, 1.54) is 0 Å². The van der Waals surface area contributed by atoms with Gasteiger partial charge in [-0.25, -0.2) is 0 Å². The number of likely N-dealkylation sites (N-methyl/N-ethyl adjacent to an activating group) is 1. The summed E-state index contributed by atoms with van der Waals surface area (Å²) in [5.74, 6) is -0.178. The molecule has 2 atom stereocenters. The van der Waals surface area contributed by atoms with Crippen LogP contribution in [0, 0.1) is 5.92 Å². The Labute approximate surface area is 86.1 Å². The van der Waals surface area contributed by atoms with E-state index in [-0.39, 0.29) is 22.6 Å². The molecule has 4 heteroatoms. The first-order valence-electron chi connectivity index (χ1n) is 4.36. The van der Waals surface area contributed by atoms with E-state index >= 15 is 0 Å². The fraction of sp³-hybridized carbons (Fsp3) is 0.889. The molecule has 0 rings (SSSR count). The summed E-state index contributed by atoms with van der Waals surface area (Å²) < 4.78 is -0.204. The van der Waals surface area contributed by atoms with Gasteiger partial charge in [-0.2, -0.15) is 12.6 Å². The SMILES string of the molecule is CC(C(C(N)=O)N(C)C)C(C)(C)S. The summed E-state index contributed by atoms with van der Waals surface area (Å²) in [6.45, 7) is 5.96. The summed E-state index contributed by atoms with van der Waals surface area (Å²) in [4.78, 5) is 13.0. The smallest absolute Gasteiger partial charge is 0.235 e. The fourth-order valence-corrected chi connectivity index (χ4v) is 1.48. The van der Waals surface area contributed by atoms with E-state index in [0.717, 1.165) is 0 Å². The van der Waals surface area contributed by atoms with Gasteiger partial charge in [0.2, 0.25) is 5.91 Å². The van der Waals surface area contributed by atoms with Crippen LogP contribution in [0.4, 0.5) is 0 Å². The summed E-state index contributed by atoms with van der Waals surface area (Å²) in [6.07, 6.45) is 0. The second-order valence-corrected chi connectivity index (χ2v) is 5.41. The Kier molecular flexibility index (Phi) is 4.26. The van der Waals surface area contributed by atoms with E-state index in [4.69, 9.17) is 5.73 Å². The van der Waals surface area contributed by atoms with Gasteiger partial charge in [-0.15, -0.1) is 0 Å². The summed E-state index contributed by atoms with van der Waals surface area (Å²) >= 11 is 4.44. The zero-order valence-electron chi connectivity index (χ0n) is 9.03. The molecule has 0 fully saturated rings. The summed E-state index contributed by atoms with van der Waals surface area (Å²) in [6, 6.07) is -0.257. The Bertz CT molecular complexity index is 187. The van der Waals surface area contributed by atoms with Crippen molar-refractivity contribution >= 4 is 18.5 Å². The van der Waals surface area contributed by atoms with Gasteiger partial charge in [0.15, 0.2) is 0 Å². The van der Waals surface area contributed by atoms with Crippen molar-refractivity contribution in [1.29, 1.82) is 0 Å². The van der Waals surface area contributed by atoms with Crippen molar-refractivity contribution in [3.8, 4) is 0 Å². The number of thiol groups is 1. The molecule has 0 aliphatic heterocycles. The maximum atomic E-state index is 11.2. The number of rotatable bonds is 4. The monoisotopic (exact) mass is 204 g/mol. The van der Waals surface area contributed by atoms with Crippen LogP contribution in [0.3, 0.4) is 0 Å². The number of hydrogen-bond donors (Lipinski definition) is 2. The Morgan fingerprint density at radius 1 is 1.46 bits per heavy atom. The molecule has 13 heavy (non-hydrogen) atoms. The number of nitrogens with zero attached hydrogens (tertiary/aromatic N) is 1. The van der Waals surface area contributed by atoms with Gasteiger partial charge in [0.1, 0.15) is 0 Å². The third kappa shape index (κ3) is 3.56. The Morgan fingerprint density at radius 3 is 1.92 bits per heavy atom. The highest BCUT2D eigenvalue weighted by Crippen LogP contribution is 2.27. The molecule has 1 amide bonds. The van der Waals surface area contributed by atoms with Gasteiger partial charge in [0.05, 0.1) is 6.04 Å². The molecule has 0 bridgehead atoms. The molecule has 0 saturated carbocycles. The molecule has 78 valence electrons. The highest BCUT2D eigenvalue weighted by atomic mass is 32.1. The van der Waals surface area contributed by atoms with Crippen molar-refractivity contribution in [3.63, 3.8) is 0 Å². The lowest BCUT2D eigenvalue weighted by Crippen LogP contribution is -2.50. The normalized spacial score (nSPS) is 17.2. The molecule has 0 aliphatic rings. The first kappa shape index (κ1) is 12.8. The van der Waals surface area contributed by atoms with Gasteiger partial charge in [-0.3, -0.25) is 9.69 Å². The maximum Gasteiger partial charge on any atom is 0.235 e. The first-order chi connectivity index (χ1) is 5.68. The lowest BCUT2D eigenvalue weighted by Gasteiger charge is -2.35. The Hall–Kier alpha value is -0.220. The van der Waals surface area contributed by atoms with Crippen LogP contribution in [0.15, 0.2) is 0 Å². The molecular formula is C9H20N2OS. The van der Waals surface area contributed by atoms with Crippen molar-refractivity contribution in [2.24, 2.45) is 11.7 Å². The Balaban J connectivity index is 4.67. The van der Waals surface area contributed by atoms with Crippen molar-refractivity contribution < 1.29 is 4.79 Å². The van der Waals surface area contributed by atoms with Crippen LogP contribution in [-0.2, 0) is 4.79 Å². The molecule has 0 radical (unpaired) electrons. The quantitative estimate of drug-likeness (QED) is 0.664. The highest BCUT2D eigenvalue weighted by Gasteiger charge is 2.33. The summed E-state index contributed by atoms with van der Waals surface area (Å²) in [5.41, 5.74) is 5.32. The van der Waals surface area contributed by atoms with E-state index in [0.29, 0.717) is 0 Å². The molecule has 0 aliphatic carbocycles. The number of hydrogen-bond acceptors (Lipinski definition) is 3. The van der Waals surface area contributed by atoms with Crippen molar-refractivity contribution in [1.82, 2.24) is 4.90 Å². The number of carbonyl (C=O) groups is 1. The van der Waals surface area contributed by atoms with Crippen LogP contribution in [0.2, 0.25) is 0 Å². The van der Waals surface area contributed by atoms with Gasteiger partial charge < -0.3 is 5.73 Å². The lowest BCUT2D eigenvalue weighted by molar-refractivity contribution is -0.124. The van der Waals surface area contributed by atoms with E-state index in [1.807, 2.05) is 39.8 Å². The highest BCUT2D eigenvalue weighted by molar-refractivity contribution is 7.81. The van der Waals surface area contributed by atoms with Gasteiger partial charge in [-0.05, 0) is 20.0 Å². The third-order valence-electron chi connectivity index (χ3n) is 2.44. The van der Waals surface area contributed by atoms with Crippen molar-refractivity contribution in [2.45, 2.75) is 31.6 Å². The topological polar surface area (TPSA) is 46.3 Å². The van der Waals surface area contributed by atoms with E-state index < -0.39 is 0 Å². The van der Waals surface area contributed by atoms with Gasteiger partial charge in [-0.1, -0.05) is 20.8 Å². The molecule has 0 heterocycles. The predicted octanol–water partition coefficient (Wildman–Crippen LogP) is 0.746. The Morgan fingerprint density at radius 2 is 1.85 bits per heavy atom. The number of carbonyl (C=O) groups excluding carboxylic acids is 1. The predicted molar refractivity (Wildman–Crippen MR) is 58.9 cm³/mol. The molecular weight excluding hydrogens is 184 g/mol. The molecule has 0 aromatic rings. The average molecular weight is 204 g/mol. The number of amides is 1. The van der Waals surface area contributed by atoms with Crippen LogP contribution < -0.4 is 5.73 Å². The molecule has 0 aromatic heterocycles. The summed E-state index contributed by atoms with van der Waals surface area (Å²) in [7, 11) is 3.71. The first-order valence-corrected chi connectivity index (χ1v) is 4.80. The largest absolute Gasteiger partial charge is 0.368 e. The molecule has 0 aromatic carbocycles. The van der Waals surface area contributed by atoms with Gasteiger partial charge in [0.25, 0.3) is 0 Å². The van der Waals surface area contributed by atoms with Crippen molar-refractivity contribution in [3.05, 3.63) is 0 Å². The van der Waals surface area contributed by atoms with Crippen LogP contribution in [0.5, 0.6) is 0 Å². The maximum absolute atomic E-state index is 11.2. The third-order valence-corrected chi connectivity index (χ3v) is 2.84. The van der Waals surface area contributed by atoms with Crippen molar-refractivity contribution in [2.75, 3.05) is 14.1 Å². The summed E-state index contributed by atoms with van der Waals surface area (Å²) in [5, 5.41) is 0. The molecule has 0 saturated heterocycles. The minimum absolute atomic E-state index is 0.114. The minimum Gasteiger partial charge on any atom is -0.368 e. The van der Waals surface area contributed by atoms with Crippen LogP contribution >= 0.6 is 12.6 Å². The van der Waals surface area contributed by atoms with Crippen LogP contribution in [-0.4, -0.2) is 35.7 Å². The second-order valence-electron chi connectivity index (χ2n) is 4.25. The zero-order valence-corrected chi connectivity index (χ0v) is 9.93. The minimum atomic E-state index is -0.292. The van der Waals surface area contributed by atoms with Gasteiger partial charge >= 0.3 is 0 Å². The molecule has 2 unspecified atom stereocenters. The zero-order chi connectivity index (χ0) is 10.8. The molecule has 2 N–H and O–H groups in total. The van der Waals surface area contributed by atoms with Crippen LogP contribution in [0.1, 0.15) is 20.8 Å². The van der Waals surface area contributed by atoms with Gasteiger partial charge in [0, 0.05) is 4.75 Å². The fourth-order valence-electron chi connectivity index (χ4n) is 1.33. The number of primary amides is 1. The van der Waals surface area contributed by atoms with E-state index in [1.54, 1.807) is 0 Å². The average Bonchev–Trinajstić information content (AvgIpc) is 1.82. The van der Waals surface area contributed by atoms with E-state index in [9.17, 15) is 4.79 Å². The van der Waals surface area contributed by atoms with Crippen LogP contribution in [0.25, 0.3) is 0 Å². The standard InChI is InChI=1S/C9H20N2OS/c1-6(9(2,3)13)7(8(10)12)11(4)5/h6-7,13H,1-5H3,(H2,10,12).